The summed E-state index contributed by atoms with van der Waals surface area (Å²) in [4.78, 5) is 19.9. The molecule has 128 valence electrons. The van der Waals surface area contributed by atoms with E-state index in [0.29, 0.717) is 28.6 Å². The summed E-state index contributed by atoms with van der Waals surface area (Å²) in [6, 6.07) is 6.05. The monoisotopic (exact) mass is 348 g/mol. The number of carbonyl (C=O) groups is 1. The quantitative estimate of drug-likeness (QED) is 0.924. The maximum Gasteiger partial charge on any atom is 0.274 e. The van der Waals surface area contributed by atoms with Crippen molar-refractivity contribution in [3.8, 4) is 10.4 Å². The van der Waals surface area contributed by atoms with Gasteiger partial charge in [-0.25, -0.2) is 9.37 Å². The fraction of sp³-hybridized carbons (Fsp3) is 0.444. The van der Waals surface area contributed by atoms with Crippen LogP contribution in [0.15, 0.2) is 24.3 Å². The third-order valence-corrected chi connectivity index (χ3v) is 5.46. The molecule has 1 amide bonds. The highest BCUT2D eigenvalue weighted by atomic mass is 32.1. The molecule has 4 nitrogen and oxygen atoms in total. The predicted molar refractivity (Wildman–Crippen MR) is 92.6 cm³/mol. The Morgan fingerprint density at radius 3 is 2.96 bits per heavy atom. The minimum atomic E-state index is -0.336. The highest BCUT2D eigenvalue weighted by molar-refractivity contribution is 7.15. The molecule has 2 aromatic rings. The Hall–Kier alpha value is -1.79. The first-order valence-corrected chi connectivity index (χ1v) is 8.96. The standard InChI is InChI=1S/C18H21FN2O2S/c1-11-6-7-15(10-22)21(9-11)18(23)16-17(24-12(2)20-16)13-4-3-5-14(19)8-13/h3-5,8,11,15,22H,6-7,9-10H2,1-2H3. The maximum atomic E-state index is 13.6. The molecule has 6 heteroatoms. The number of aryl methyl sites for hydroxylation is 1. The Kier molecular flexibility index (Phi) is 4.96. The van der Waals surface area contributed by atoms with Crippen LogP contribution in [-0.4, -0.2) is 40.1 Å². The van der Waals surface area contributed by atoms with Gasteiger partial charge in [0.25, 0.3) is 5.91 Å². The van der Waals surface area contributed by atoms with Crippen LogP contribution in [0.25, 0.3) is 10.4 Å². The lowest BCUT2D eigenvalue weighted by Gasteiger charge is -2.37. The van der Waals surface area contributed by atoms with Crippen molar-refractivity contribution >= 4 is 17.2 Å². The zero-order chi connectivity index (χ0) is 17.3. The highest BCUT2D eigenvalue weighted by Gasteiger charge is 2.32. The van der Waals surface area contributed by atoms with Crippen LogP contribution in [-0.2, 0) is 0 Å². The number of carbonyl (C=O) groups excluding carboxylic acids is 1. The third-order valence-electron chi connectivity index (χ3n) is 4.44. The molecular weight excluding hydrogens is 327 g/mol. The molecule has 1 aliphatic heterocycles. The molecule has 0 spiro atoms. The lowest BCUT2D eigenvalue weighted by molar-refractivity contribution is 0.0416. The minimum absolute atomic E-state index is 0.0448. The first-order chi connectivity index (χ1) is 11.5. The lowest BCUT2D eigenvalue weighted by Crippen LogP contribution is -2.48. The van der Waals surface area contributed by atoms with Crippen molar-refractivity contribution in [2.45, 2.75) is 32.7 Å². The van der Waals surface area contributed by atoms with Crippen molar-refractivity contribution in [3.05, 3.63) is 40.8 Å². The first-order valence-electron chi connectivity index (χ1n) is 8.14. The number of benzene rings is 1. The van der Waals surface area contributed by atoms with Gasteiger partial charge in [0.1, 0.15) is 11.5 Å². The Balaban J connectivity index is 1.98. The number of rotatable bonds is 3. The van der Waals surface area contributed by atoms with Gasteiger partial charge in [0, 0.05) is 6.54 Å². The molecule has 0 radical (unpaired) electrons. The van der Waals surface area contributed by atoms with Crippen molar-refractivity contribution in [2.24, 2.45) is 5.92 Å². The van der Waals surface area contributed by atoms with Gasteiger partial charge in [0.15, 0.2) is 0 Å². The van der Waals surface area contributed by atoms with E-state index in [4.69, 9.17) is 0 Å². The molecule has 0 saturated carbocycles. The minimum Gasteiger partial charge on any atom is -0.394 e. The smallest absolute Gasteiger partial charge is 0.274 e. The number of aromatic nitrogens is 1. The van der Waals surface area contributed by atoms with Crippen molar-refractivity contribution < 1.29 is 14.3 Å². The molecule has 1 saturated heterocycles. The van der Waals surface area contributed by atoms with Crippen LogP contribution in [0.4, 0.5) is 4.39 Å². The van der Waals surface area contributed by atoms with Gasteiger partial charge < -0.3 is 10.0 Å². The molecule has 3 rings (SSSR count). The molecule has 24 heavy (non-hydrogen) atoms. The van der Waals surface area contributed by atoms with Crippen LogP contribution in [0.5, 0.6) is 0 Å². The summed E-state index contributed by atoms with van der Waals surface area (Å²) in [6.07, 6.45) is 1.80. The molecule has 2 atom stereocenters. The number of hydrogen-bond donors (Lipinski definition) is 1. The Labute approximate surface area is 145 Å². The molecule has 1 aromatic carbocycles. The Morgan fingerprint density at radius 2 is 2.25 bits per heavy atom. The van der Waals surface area contributed by atoms with Crippen LogP contribution in [0.1, 0.15) is 35.3 Å². The van der Waals surface area contributed by atoms with Crippen LogP contribution < -0.4 is 0 Å². The second kappa shape index (κ2) is 6.99. The maximum absolute atomic E-state index is 13.6. The molecule has 1 N–H and O–H groups in total. The summed E-state index contributed by atoms with van der Waals surface area (Å²) in [6.45, 7) is 4.51. The number of nitrogens with zero attached hydrogens (tertiary/aromatic N) is 2. The van der Waals surface area contributed by atoms with Gasteiger partial charge in [-0.05, 0) is 43.4 Å². The van der Waals surface area contributed by atoms with E-state index in [-0.39, 0.29) is 24.4 Å². The van der Waals surface area contributed by atoms with Crippen molar-refractivity contribution in [1.82, 2.24) is 9.88 Å². The van der Waals surface area contributed by atoms with Gasteiger partial charge >= 0.3 is 0 Å². The summed E-state index contributed by atoms with van der Waals surface area (Å²) < 4.78 is 13.6. The molecule has 1 aromatic heterocycles. The number of likely N-dealkylation sites (tertiary alicyclic amines) is 1. The summed E-state index contributed by atoms with van der Waals surface area (Å²) >= 11 is 1.39. The fourth-order valence-electron chi connectivity index (χ4n) is 3.18. The van der Waals surface area contributed by atoms with Crippen LogP contribution in [0.2, 0.25) is 0 Å². The molecule has 0 bridgehead atoms. The van der Waals surface area contributed by atoms with E-state index < -0.39 is 0 Å². The molecular formula is C18H21FN2O2S. The average molecular weight is 348 g/mol. The zero-order valence-electron chi connectivity index (χ0n) is 13.8. The number of amides is 1. The van der Waals surface area contributed by atoms with Gasteiger partial charge in [-0.2, -0.15) is 0 Å². The van der Waals surface area contributed by atoms with Crippen LogP contribution in [0, 0.1) is 18.7 Å². The molecule has 2 unspecified atom stereocenters. The predicted octanol–water partition coefficient (Wildman–Crippen LogP) is 3.49. The second-order valence-corrected chi connectivity index (χ2v) is 7.60. The lowest BCUT2D eigenvalue weighted by atomic mass is 9.94. The van der Waals surface area contributed by atoms with E-state index in [0.717, 1.165) is 17.8 Å². The van der Waals surface area contributed by atoms with E-state index >= 15 is 0 Å². The van der Waals surface area contributed by atoms with E-state index in [1.54, 1.807) is 17.0 Å². The number of aliphatic hydroxyl groups is 1. The first kappa shape index (κ1) is 17.0. The van der Waals surface area contributed by atoms with Gasteiger partial charge in [-0.1, -0.05) is 19.1 Å². The summed E-state index contributed by atoms with van der Waals surface area (Å²) in [5, 5.41) is 10.4. The van der Waals surface area contributed by atoms with Crippen LogP contribution in [0.3, 0.4) is 0 Å². The van der Waals surface area contributed by atoms with Gasteiger partial charge in [0.05, 0.1) is 22.5 Å². The average Bonchev–Trinajstić information content (AvgIpc) is 2.96. The molecule has 2 heterocycles. The number of hydrogen-bond acceptors (Lipinski definition) is 4. The van der Waals surface area contributed by atoms with Gasteiger partial charge in [-0.3, -0.25) is 4.79 Å². The summed E-state index contributed by atoms with van der Waals surface area (Å²) in [5.74, 6) is -0.116. The van der Waals surface area contributed by atoms with E-state index in [1.165, 1.54) is 23.5 Å². The Morgan fingerprint density at radius 1 is 1.46 bits per heavy atom. The van der Waals surface area contributed by atoms with E-state index in [2.05, 4.69) is 11.9 Å². The summed E-state index contributed by atoms with van der Waals surface area (Å²) in [5.41, 5.74) is 1.02. The van der Waals surface area contributed by atoms with Crippen molar-refractivity contribution in [2.75, 3.05) is 13.2 Å². The molecule has 0 aliphatic carbocycles. The SMILES string of the molecule is Cc1nc(C(=O)N2CC(C)CCC2CO)c(-c2cccc(F)c2)s1. The van der Waals surface area contributed by atoms with E-state index in [9.17, 15) is 14.3 Å². The number of piperidine rings is 1. The van der Waals surface area contributed by atoms with Crippen LogP contribution >= 0.6 is 11.3 Å². The molecule has 1 aliphatic rings. The topological polar surface area (TPSA) is 53.4 Å². The second-order valence-electron chi connectivity index (χ2n) is 6.40. The van der Waals surface area contributed by atoms with Gasteiger partial charge in [0.2, 0.25) is 0 Å². The largest absolute Gasteiger partial charge is 0.394 e. The number of thiazole rings is 1. The Bertz CT molecular complexity index is 746. The van der Waals surface area contributed by atoms with Crippen molar-refractivity contribution in [1.29, 1.82) is 0 Å². The van der Waals surface area contributed by atoms with Crippen molar-refractivity contribution in [3.63, 3.8) is 0 Å². The highest BCUT2D eigenvalue weighted by Crippen LogP contribution is 2.33. The summed E-state index contributed by atoms with van der Waals surface area (Å²) in [7, 11) is 0. The van der Waals surface area contributed by atoms with Gasteiger partial charge in [-0.15, -0.1) is 11.3 Å². The number of halogens is 1. The van der Waals surface area contributed by atoms with E-state index in [1.807, 2.05) is 6.92 Å². The molecule has 1 fully saturated rings. The third kappa shape index (κ3) is 3.35. The zero-order valence-corrected chi connectivity index (χ0v) is 14.6. The fourth-order valence-corrected chi connectivity index (χ4v) is 4.09. The number of aliphatic hydroxyl groups excluding tert-OH is 1. The normalized spacial score (nSPS) is 21.1.